The normalized spacial score (nSPS) is 13.8. The summed E-state index contributed by atoms with van der Waals surface area (Å²) >= 11 is 0. The van der Waals surface area contributed by atoms with Gasteiger partial charge in [-0.2, -0.15) is 0 Å². The molecule has 188 valence electrons. The monoisotopic (exact) mass is 507 g/mol. The summed E-state index contributed by atoms with van der Waals surface area (Å²) in [6.07, 6.45) is 0. The van der Waals surface area contributed by atoms with Crippen LogP contribution in [0.25, 0.3) is 0 Å². The number of piperazine rings is 1. The second-order valence-electron chi connectivity index (χ2n) is 8.67. The van der Waals surface area contributed by atoms with Crippen LogP contribution in [-0.4, -0.2) is 64.2 Å². The van der Waals surface area contributed by atoms with Gasteiger partial charge >= 0.3 is 0 Å². The minimum atomic E-state index is -3.72. The third-order valence-corrected chi connectivity index (χ3v) is 7.75. The van der Waals surface area contributed by atoms with Gasteiger partial charge in [-0.05, 0) is 67.6 Å². The predicted octanol–water partition coefficient (Wildman–Crippen LogP) is 3.38. The summed E-state index contributed by atoms with van der Waals surface area (Å²) < 4.78 is 30.1. The van der Waals surface area contributed by atoms with Crippen LogP contribution in [0.3, 0.4) is 0 Å². The highest BCUT2D eigenvalue weighted by Gasteiger charge is 2.23. The van der Waals surface area contributed by atoms with Gasteiger partial charge in [-0.3, -0.25) is 9.59 Å². The number of amides is 2. The number of ether oxygens (including phenoxy) is 1. The number of hydrogen-bond donors (Lipinski definition) is 1. The van der Waals surface area contributed by atoms with Gasteiger partial charge in [0.05, 0.1) is 12.0 Å². The lowest BCUT2D eigenvalue weighted by atomic mass is 10.1. The van der Waals surface area contributed by atoms with Gasteiger partial charge in [0.15, 0.2) is 9.84 Å². The molecule has 4 rings (SSSR count). The zero-order valence-electron chi connectivity index (χ0n) is 20.3. The maximum Gasteiger partial charge on any atom is 0.253 e. The molecule has 0 aliphatic carbocycles. The first kappa shape index (κ1) is 25.2. The molecule has 0 atom stereocenters. The summed E-state index contributed by atoms with van der Waals surface area (Å²) in [6, 6.07) is 20.8. The average molecular weight is 508 g/mol. The molecule has 0 bridgehead atoms. The molecule has 3 aromatic carbocycles. The molecule has 0 radical (unpaired) electrons. The molecule has 1 aliphatic heterocycles. The van der Waals surface area contributed by atoms with Crippen LogP contribution in [0.1, 0.15) is 15.9 Å². The summed E-state index contributed by atoms with van der Waals surface area (Å²) in [5.41, 5.74) is 3.07. The lowest BCUT2D eigenvalue weighted by Crippen LogP contribution is -2.48. The van der Waals surface area contributed by atoms with Crippen LogP contribution < -0.4 is 15.0 Å². The fourth-order valence-corrected chi connectivity index (χ4v) is 5.17. The number of carbonyl (C=O) groups excluding carboxylic acids is 2. The molecule has 9 heteroatoms. The Bertz CT molecular complexity index is 1310. The van der Waals surface area contributed by atoms with Crippen LogP contribution in [0.4, 0.5) is 11.4 Å². The van der Waals surface area contributed by atoms with E-state index in [2.05, 4.69) is 10.2 Å². The SMILES string of the molecule is COc1ccc(C(=O)N2CCN(c3ccc(NC(=O)CS(=O)(=O)c4ccc(C)cc4)cc3)CC2)cc1. The number of benzene rings is 3. The highest BCUT2D eigenvalue weighted by atomic mass is 32.2. The van der Waals surface area contributed by atoms with Gasteiger partial charge in [0.2, 0.25) is 5.91 Å². The highest BCUT2D eigenvalue weighted by molar-refractivity contribution is 7.92. The Balaban J connectivity index is 1.30. The van der Waals surface area contributed by atoms with Gasteiger partial charge in [0.25, 0.3) is 5.91 Å². The number of aryl methyl sites for hydroxylation is 1. The van der Waals surface area contributed by atoms with Gasteiger partial charge in [-0.1, -0.05) is 17.7 Å². The molecule has 0 unspecified atom stereocenters. The lowest BCUT2D eigenvalue weighted by Gasteiger charge is -2.36. The van der Waals surface area contributed by atoms with Gasteiger partial charge in [-0.15, -0.1) is 0 Å². The van der Waals surface area contributed by atoms with E-state index in [-0.39, 0.29) is 10.8 Å². The molecule has 1 saturated heterocycles. The Labute approximate surface area is 211 Å². The van der Waals surface area contributed by atoms with E-state index in [9.17, 15) is 18.0 Å². The average Bonchev–Trinajstić information content (AvgIpc) is 2.89. The van der Waals surface area contributed by atoms with Crippen LogP contribution in [-0.2, 0) is 14.6 Å². The zero-order valence-corrected chi connectivity index (χ0v) is 21.1. The molecule has 36 heavy (non-hydrogen) atoms. The molecule has 8 nitrogen and oxygen atoms in total. The highest BCUT2D eigenvalue weighted by Crippen LogP contribution is 2.21. The minimum absolute atomic E-state index is 0.00375. The van der Waals surface area contributed by atoms with Gasteiger partial charge in [-0.25, -0.2) is 8.42 Å². The van der Waals surface area contributed by atoms with E-state index >= 15 is 0 Å². The number of sulfone groups is 1. The van der Waals surface area contributed by atoms with Crippen molar-refractivity contribution in [3.8, 4) is 5.75 Å². The summed E-state index contributed by atoms with van der Waals surface area (Å²) in [5.74, 6) is -0.504. The van der Waals surface area contributed by atoms with Crippen molar-refractivity contribution < 1.29 is 22.7 Å². The van der Waals surface area contributed by atoms with E-state index in [1.807, 2.05) is 24.0 Å². The van der Waals surface area contributed by atoms with Crippen molar-refractivity contribution in [2.75, 3.05) is 49.3 Å². The van der Waals surface area contributed by atoms with Gasteiger partial charge in [0.1, 0.15) is 11.5 Å². The topological polar surface area (TPSA) is 96.0 Å². The van der Waals surface area contributed by atoms with Crippen LogP contribution in [0.2, 0.25) is 0 Å². The summed E-state index contributed by atoms with van der Waals surface area (Å²) in [5, 5.41) is 2.66. The summed E-state index contributed by atoms with van der Waals surface area (Å²) in [7, 11) is -2.13. The van der Waals surface area contributed by atoms with E-state index in [0.29, 0.717) is 43.2 Å². The molecule has 1 heterocycles. The van der Waals surface area contributed by atoms with Crippen molar-refractivity contribution in [1.82, 2.24) is 4.90 Å². The molecule has 1 aliphatic rings. The molecule has 3 aromatic rings. The van der Waals surface area contributed by atoms with Crippen LogP contribution in [0, 0.1) is 6.92 Å². The number of anilines is 2. The fraction of sp³-hybridized carbons (Fsp3) is 0.259. The lowest BCUT2D eigenvalue weighted by molar-refractivity contribution is -0.113. The second-order valence-corrected chi connectivity index (χ2v) is 10.7. The third-order valence-electron chi connectivity index (χ3n) is 6.12. The first-order valence-corrected chi connectivity index (χ1v) is 13.3. The molecule has 1 N–H and O–H groups in total. The Morgan fingerprint density at radius 1 is 0.861 bits per heavy atom. The van der Waals surface area contributed by atoms with Crippen molar-refractivity contribution >= 4 is 33.0 Å². The largest absolute Gasteiger partial charge is 0.497 e. The van der Waals surface area contributed by atoms with E-state index in [1.165, 1.54) is 12.1 Å². The predicted molar refractivity (Wildman–Crippen MR) is 139 cm³/mol. The first-order chi connectivity index (χ1) is 17.2. The molecule has 0 aromatic heterocycles. The Morgan fingerprint density at radius 3 is 2.06 bits per heavy atom. The minimum Gasteiger partial charge on any atom is -0.497 e. The number of methoxy groups -OCH3 is 1. The molecule has 0 saturated carbocycles. The Kier molecular flexibility index (Phi) is 7.59. The molecular formula is C27H29N3O5S. The number of nitrogens with zero attached hydrogens (tertiary/aromatic N) is 2. The van der Waals surface area contributed by atoms with E-state index in [4.69, 9.17) is 4.74 Å². The van der Waals surface area contributed by atoms with Gasteiger partial charge in [0, 0.05) is 43.1 Å². The molecule has 1 fully saturated rings. The smallest absolute Gasteiger partial charge is 0.253 e. The van der Waals surface area contributed by atoms with Crippen LogP contribution >= 0.6 is 0 Å². The third kappa shape index (κ3) is 6.04. The van der Waals surface area contributed by atoms with Crippen LogP contribution in [0.15, 0.2) is 77.7 Å². The second kappa shape index (κ2) is 10.8. The molecule has 2 amide bonds. The van der Waals surface area contributed by atoms with E-state index in [1.54, 1.807) is 55.6 Å². The number of carbonyl (C=O) groups is 2. The Hall–Kier alpha value is -3.85. The van der Waals surface area contributed by atoms with Crippen LogP contribution in [0.5, 0.6) is 5.75 Å². The first-order valence-electron chi connectivity index (χ1n) is 11.6. The summed E-state index contributed by atoms with van der Waals surface area (Å²) in [6.45, 7) is 4.43. The van der Waals surface area contributed by atoms with Gasteiger partial charge < -0.3 is 19.9 Å². The van der Waals surface area contributed by atoms with Crippen molar-refractivity contribution in [2.24, 2.45) is 0 Å². The van der Waals surface area contributed by atoms with Crippen molar-refractivity contribution in [3.05, 3.63) is 83.9 Å². The van der Waals surface area contributed by atoms with E-state index in [0.717, 1.165) is 11.3 Å². The standard InChI is InChI=1S/C27H29N3O5S/c1-20-3-13-25(14-4-20)36(33,34)19-26(31)28-22-7-9-23(10-8-22)29-15-17-30(18-16-29)27(32)21-5-11-24(35-2)12-6-21/h3-14H,15-19H2,1-2H3,(H,28,31). The van der Waals surface area contributed by atoms with E-state index < -0.39 is 21.5 Å². The quantitative estimate of drug-likeness (QED) is 0.527. The number of nitrogens with one attached hydrogen (secondary N) is 1. The zero-order chi connectivity index (χ0) is 25.7. The Morgan fingerprint density at radius 2 is 1.47 bits per heavy atom. The maximum absolute atomic E-state index is 12.8. The van der Waals surface area contributed by atoms with Crippen molar-refractivity contribution in [2.45, 2.75) is 11.8 Å². The fourth-order valence-electron chi connectivity index (χ4n) is 4.04. The van der Waals surface area contributed by atoms with Crippen molar-refractivity contribution in [1.29, 1.82) is 0 Å². The summed E-state index contributed by atoms with van der Waals surface area (Å²) in [4.78, 5) is 29.3. The maximum atomic E-state index is 12.8. The van der Waals surface area contributed by atoms with Crippen molar-refractivity contribution in [3.63, 3.8) is 0 Å². The number of hydrogen-bond acceptors (Lipinski definition) is 6. The molecular weight excluding hydrogens is 478 g/mol. The number of rotatable bonds is 7. The molecule has 0 spiro atoms.